The third-order valence-electron chi connectivity index (χ3n) is 10.9. The molecule has 0 bridgehead atoms. The molecule has 1 aromatic rings. The van der Waals surface area contributed by atoms with Gasteiger partial charge in [0.25, 0.3) is 0 Å². The molecule has 0 saturated carbocycles. The molecular weight excluding hydrogens is 596 g/mol. The molecule has 260 valence electrons. The van der Waals surface area contributed by atoms with Gasteiger partial charge in [0.05, 0.1) is 37.2 Å². The fraction of sp³-hybridized carbons (Fsp3) is 0.718. The molecule has 0 radical (unpaired) electrons. The van der Waals surface area contributed by atoms with Gasteiger partial charge < -0.3 is 14.2 Å². The Morgan fingerprint density at radius 2 is 1.26 bits per heavy atom. The second-order valence-corrected chi connectivity index (χ2v) is 14.2. The van der Waals surface area contributed by atoms with Crippen LogP contribution in [0.25, 0.3) is 0 Å². The summed E-state index contributed by atoms with van der Waals surface area (Å²) in [6, 6.07) is 7.10. The monoisotopic (exact) mass is 652 g/mol. The van der Waals surface area contributed by atoms with Gasteiger partial charge in [-0.3, -0.25) is 24.0 Å². The number of ether oxygens (including phenoxy) is 3. The lowest BCUT2D eigenvalue weighted by atomic mass is 9.51. The zero-order chi connectivity index (χ0) is 33.6. The molecule has 3 aliphatic rings. The minimum atomic E-state index is -1.11. The first-order valence-corrected chi connectivity index (χ1v) is 18.5. The smallest absolute Gasteiger partial charge is 0.321 e. The van der Waals surface area contributed by atoms with Crippen molar-refractivity contribution in [3.05, 3.63) is 35.4 Å². The summed E-state index contributed by atoms with van der Waals surface area (Å²) in [5.41, 5.74) is 0.134. The molecule has 0 aromatic heterocycles. The normalized spacial score (nSPS) is 25.0. The van der Waals surface area contributed by atoms with Crippen LogP contribution in [0.4, 0.5) is 0 Å². The van der Waals surface area contributed by atoms with Gasteiger partial charge in [-0.15, -0.1) is 0 Å². The number of carbonyl (C=O) groups is 5. The predicted molar refractivity (Wildman–Crippen MR) is 178 cm³/mol. The van der Waals surface area contributed by atoms with Gasteiger partial charge in [-0.2, -0.15) is 0 Å². The van der Waals surface area contributed by atoms with Crippen LogP contribution in [-0.2, 0) is 43.6 Å². The molecule has 5 atom stereocenters. The predicted octanol–water partition coefficient (Wildman–Crippen LogP) is 8.42. The summed E-state index contributed by atoms with van der Waals surface area (Å²) in [6.07, 6.45) is 22.7. The van der Waals surface area contributed by atoms with E-state index in [9.17, 15) is 24.0 Å². The van der Waals surface area contributed by atoms with E-state index in [4.69, 9.17) is 14.2 Å². The molecule has 2 saturated heterocycles. The first-order chi connectivity index (χ1) is 22.8. The molecule has 0 spiro atoms. The third kappa shape index (κ3) is 9.54. The molecule has 0 N–H and O–H groups in total. The van der Waals surface area contributed by atoms with Crippen molar-refractivity contribution < 1.29 is 38.2 Å². The van der Waals surface area contributed by atoms with Crippen molar-refractivity contribution in [1.82, 2.24) is 0 Å². The molecule has 0 amide bonds. The van der Waals surface area contributed by atoms with Crippen LogP contribution in [0.1, 0.15) is 159 Å². The summed E-state index contributed by atoms with van der Waals surface area (Å²) in [5, 5.41) is 0. The topological polar surface area (TPSA) is 113 Å². The molecule has 1 aromatic carbocycles. The highest BCUT2D eigenvalue weighted by molar-refractivity contribution is 6.02. The molecule has 4 rings (SSSR count). The van der Waals surface area contributed by atoms with Crippen LogP contribution in [0.5, 0.6) is 0 Å². The number of carbonyl (C=O) groups excluding carboxylic acids is 5. The fourth-order valence-electron chi connectivity index (χ4n) is 8.21. The SMILES string of the molecule is CCCCCCCCCCCCCCCCCCCCOC(=O)CC1C2C(=O)OC(=O)C2c2ccccc2C1(C)C1CC(=O)OC1=O. The minimum Gasteiger partial charge on any atom is -0.466 e. The van der Waals surface area contributed by atoms with Crippen LogP contribution in [0.15, 0.2) is 24.3 Å². The lowest BCUT2D eigenvalue weighted by Crippen LogP contribution is -2.51. The Balaban J connectivity index is 1.15. The van der Waals surface area contributed by atoms with Gasteiger partial charge in [0.1, 0.15) is 0 Å². The van der Waals surface area contributed by atoms with E-state index in [1.807, 2.05) is 0 Å². The number of rotatable bonds is 22. The summed E-state index contributed by atoms with van der Waals surface area (Å²) in [5.74, 6) is -6.67. The molecule has 8 nitrogen and oxygen atoms in total. The second kappa shape index (κ2) is 18.5. The van der Waals surface area contributed by atoms with Gasteiger partial charge in [-0.1, -0.05) is 147 Å². The van der Waals surface area contributed by atoms with Gasteiger partial charge in [0.2, 0.25) is 0 Å². The van der Waals surface area contributed by atoms with E-state index < -0.39 is 58.9 Å². The molecule has 2 aliphatic heterocycles. The van der Waals surface area contributed by atoms with Crippen LogP contribution in [0.3, 0.4) is 0 Å². The summed E-state index contributed by atoms with van der Waals surface area (Å²) < 4.78 is 15.6. The van der Waals surface area contributed by atoms with E-state index in [-0.39, 0.29) is 19.4 Å². The molecule has 5 unspecified atom stereocenters. The number of unbranched alkanes of at least 4 members (excludes halogenated alkanes) is 17. The van der Waals surface area contributed by atoms with Crippen molar-refractivity contribution in [2.75, 3.05) is 6.61 Å². The van der Waals surface area contributed by atoms with Crippen LogP contribution in [-0.4, -0.2) is 36.5 Å². The van der Waals surface area contributed by atoms with Crippen LogP contribution >= 0.6 is 0 Å². The first kappa shape index (κ1) is 36.8. The lowest BCUT2D eigenvalue weighted by Gasteiger charge is -2.48. The Kier molecular flexibility index (Phi) is 14.5. The van der Waals surface area contributed by atoms with Crippen LogP contribution in [0.2, 0.25) is 0 Å². The molecule has 2 heterocycles. The number of cyclic esters (lactones) is 4. The van der Waals surface area contributed by atoms with Crippen molar-refractivity contribution in [2.24, 2.45) is 17.8 Å². The zero-order valence-corrected chi connectivity index (χ0v) is 28.7. The number of hydrogen-bond donors (Lipinski definition) is 0. The van der Waals surface area contributed by atoms with Crippen molar-refractivity contribution in [3.8, 4) is 0 Å². The zero-order valence-electron chi connectivity index (χ0n) is 28.7. The standard InChI is InChI=1S/C39H56O8/c1-3-4-5-6-7-8-9-10-11-12-13-14-15-16-17-18-19-22-25-45-32(40)26-30-35-34(37(43)47-38(35)44)28-23-20-21-24-29(28)39(30,2)31-27-33(41)46-36(31)42/h20-21,23-24,30-31,34-35H,3-19,22,25-27H2,1-2H3. The average molecular weight is 653 g/mol. The maximum Gasteiger partial charge on any atom is 0.321 e. The van der Waals surface area contributed by atoms with Crippen LogP contribution in [0, 0.1) is 17.8 Å². The van der Waals surface area contributed by atoms with Gasteiger partial charge in [0, 0.05) is 5.41 Å². The molecule has 2 fully saturated rings. The molecule has 8 heteroatoms. The van der Waals surface area contributed by atoms with E-state index in [1.165, 1.54) is 96.3 Å². The summed E-state index contributed by atoms with van der Waals surface area (Å²) in [6.45, 7) is 4.33. The van der Waals surface area contributed by atoms with Gasteiger partial charge >= 0.3 is 29.8 Å². The summed E-state index contributed by atoms with van der Waals surface area (Å²) in [7, 11) is 0. The molecule has 1 aliphatic carbocycles. The van der Waals surface area contributed by atoms with E-state index in [0.29, 0.717) is 11.1 Å². The Morgan fingerprint density at radius 3 is 1.79 bits per heavy atom. The van der Waals surface area contributed by atoms with E-state index in [1.54, 1.807) is 31.2 Å². The highest BCUT2D eigenvalue weighted by Crippen LogP contribution is 2.58. The lowest BCUT2D eigenvalue weighted by molar-refractivity contribution is -0.158. The van der Waals surface area contributed by atoms with Gasteiger partial charge in [-0.05, 0) is 23.5 Å². The van der Waals surface area contributed by atoms with E-state index >= 15 is 0 Å². The van der Waals surface area contributed by atoms with Crippen molar-refractivity contribution in [3.63, 3.8) is 0 Å². The first-order valence-electron chi connectivity index (χ1n) is 18.5. The van der Waals surface area contributed by atoms with Crippen molar-refractivity contribution in [2.45, 2.75) is 154 Å². The van der Waals surface area contributed by atoms with Crippen LogP contribution < -0.4 is 0 Å². The Morgan fingerprint density at radius 1 is 0.723 bits per heavy atom. The van der Waals surface area contributed by atoms with Crippen molar-refractivity contribution >= 4 is 29.8 Å². The maximum atomic E-state index is 13.2. The van der Waals surface area contributed by atoms with E-state index in [0.717, 1.165) is 19.3 Å². The highest BCUT2D eigenvalue weighted by Gasteiger charge is 2.64. The second-order valence-electron chi connectivity index (χ2n) is 14.2. The minimum absolute atomic E-state index is 0.158. The highest BCUT2D eigenvalue weighted by atomic mass is 16.6. The quantitative estimate of drug-likeness (QED) is 0.0531. The summed E-state index contributed by atoms with van der Waals surface area (Å²) in [4.78, 5) is 64.1. The summed E-state index contributed by atoms with van der Waals surface area (Å²) >= 11 is 0. The van der Waals surface area contributed by atoms with E-state index in [2.05, 4.69) is 6.92 Å². The Hall–Kier alpha value is -3.03. The Labute approximate surface area is 281 Å². The van der Waals surface area contributed by atoms with Gasteiger partial charge in [-0.25, -0.2) is 0 Å². The number of esters is 5. The number of benzene rings is 1. The van der Waals surface area contributed by atoms with Gasteiger partial charge in [0.15, 0.2) is 0 Å². The molecule has 47 heavy (non-hydrogen) atoms. The van der Waals surface area contributed by atoms with Crippen molar-refractivity contribution in [1.29, 1.82) is 0 Å². The number of hydrogen-bond acceptors (Lipinski definition) is 8. The Bertz CT molecular complexity index is 1220. The fourth-order valence-corrected chi connectivity index (χ4v) is 8.21. The average Bonchev–Trinajstić information content (AvgIpc) is 3.56. The number of fused-ring (bicyclic) bond motifs is 3. The molecular formula is C39H56O8. The maximum absolute atomic E-state index is 13.2. The third-order valence-corrected chi connectivity index (χ3v) is 10.9. The largest absolute Gasteiger partial charge is 0.466 e.